The summed E-state index contributed by atoms with van der Waals surface area (Å²) in [6.07, 6.45) is 1.15. The fourth-order valence-electron chi connectivity index (χ4n) is 1.01. The fraction of sp³-hybridized carbons (Fsp3) is 0.875. The van der Waals surface area contributed by atoms with Crippen molar-refractivity contribution < 1.29 is 9.47 Å². The molecule has 2 N–H and O–H groups in total. The Balaban J connectivity index is 2.27. The molecule has 0 fully saturated rings. The molecule has 1 aliphatic heterocycles. The zero-order chi connectivity index (χ0) is 8.97. The summed E-state index contributed by atoms with van der Waals surface area (Å²) in [6.45, 7) is 5.31. The van der Waals surface area contributed by atoms with E-state index in [0.717, 1.165) is 6.42 Å². The van der Waals surface area contributed by atoms with E-state index in [1.807, 2.05) is 13.8 Å². The summed E-state index contributed by atoms with van der Waals surface area (Å²) in [4.78, 5) is 4.10. The van der Waals surface area contributed by atoms with Crippen molar-refractivity contribution in [1.82, 2.24) is 0 Å². The van der Waals surface area contributed by atoms with Crippen molar-refractivity contribution in [2.24, 2.45) is 10.7 Å². The smallest absolute Gasteiger partial charge is 0.282 e. The van der Waals surface area contributed by atoms with Gasteiger partial charge in [0.1, 0.15) is 0 Å². The Hall–Kier alpha value is -0.770. The summed E-state index contributed by atoms with van der Waals surface area (Å²) >= 11 is 0. The predicted molar refractivity (Wildman–Crippen MR) is 47.1 cm³/mol. The molecule has 0 saturated carbocycles. The molecule has 1 heterocycles. The predicted octanol–water partition coefficient (Wildman–Crippen LogP) is 0.515. The molecular formula is C8H16N2O2. The van der Waals surface area contributed by atoms with E-state index >= 15 is 0 Å². The summed E-state index contributed by atoms with van der Waals surface area (Å²) in [5.41, 5.74) is 5.40. The van der Waals surface area contributed by atoms with Crippen LogP contribution in [0.2, 0.25) is 0 Å². The van der Waals surface area contributed by atoms with Crippen molar-refractivity contribution >= 4 is 6.02 Å². The van der Waals surface area contributed by atoms with Crippen LogP contribution in [0.5, 0.6) is 0 Å². The molecule has 0 saturated heterocycles. The highest BCUT2D eigenvalue weighted by atomic mass is 16.5. The minimum Gasteiger partial charge on any atom is -0.465 e. The third-order valence-electron chi connectivity index (χ3n) is 1.63. The van der Waals surface area contributed by atoms with Crippen LogP contribution in [0, 0.1) is 0 Å². The van der Waals surface area contributed by atoms with E-state index in [9.17, 15) is 0 Å². The molecule has 12 heavy (non-hydrogen) atoms. The van der Waals surface area contributed by atoms with Crippen LogP contribution in [-0.4, -0.2) is 31.4 Å². The number of rotatable bonds is 3. The van der Waals surface area contributed by atoms with Gasteiger partial charge >= 0.3 is 0 Å². The fourth-order valence-corrected chi connectivity index (χ4v) is 1.01. The standard InChI is InChI=1S/C8H16N2O2/c1-6(2)12-5-7-3-4-11-8(9)10-7/h6-7H,3-5H2,1-2H3,(H2,9,10). The first kappa shape index (κ1) is 9.32. The molecule has 0 amide bonds. The van der Waals surface area contributed by atoms with E-state index in [-0.39, 0.29) is 12.1 Å². The number of hydrogen-bond donors (Lipinski definition) is 1. The van der Waals surface area contributed by atoms with E-state index < -0.39 is 0 Å². The van der Waals surface area contributed by atoms with Crippen LogP contribution >= 0.6 is 0 Å². The van der Waals surface area contributed by atoms with Gasteiger partial charge in [0, 0.05) is 6.42 Å². The third kappa shape index (κ3) is 3.09. The summed E-state index contributed by atoms with van der Waals surface area (Å²) in [6, 6.07) is 0.472. The van der Waals surface area contributed by atoms with Crippen molar-refractivity contribution in [2.75, 3.05) is 13.2 Å². The monoisotopic (exact) mass is 172 g/mol. The molecule has 1 aliphatic rings. The molecule has 0 aliphatic carbocycles. The summed E-state index contributed by atoms with van der Waals surface area (Å²) < 4.78 is 10.4. The molecule has 70 valence electrons. The molecule has 1 unspecified atom stereocenters. The minimum atomic E-state index is 0.182. The average Bonchev–Trinajstić information content (AvgIpc) is 2.01. The first-order chi connectivity index (χ1) is 5.68. The maximum Gasteiger partial charge on any atom is 0.282 e. The quantitative estimate of drug-likeness (QED) is 0.675. The van der Waals surface area contributed by atoms with Crippen LogP contribution in [0.3, 0.4) is 0 Å². The van der Waals surface area contributed by atoms with Gasteiger partial charge in [-0.1, -0.05) is 0 Å². The molecule has 0 aromatic heterocycles. The average molecular weight is 172 g/mol. The Morgan fingerprint density at radius 3 is 3.08 bits per heavy atom. The zero-order valence-corrected chi connectivity index (χ0v) is 7.62. The molecule has 0 aromatic rings. The van der Waals surface area contributed by atoms with Gasteiger partial charge in [-0.05, 0) is 13.8 Å². The van der Waals surface area contributed by atoms with Gasteiger partial charge in [-0.2, -0.15) is 0 Å². The second-order valence-corrected chi connectivity index (χ2v) is 3.14. The normalized spacial score (nSPS) is 23.6. The maximum absolute atomic E-state index is 5.41. The van der Waals surface area contributed by atoms with Crippen molar-refractivity contribution in [2.45, 2.75) is 32.4 Å². The Morgan fingerprint density at radius 2 is 2.50 bits per heavy atom. The Labute approximate surface area is 72.8 Å². The molecule has 0 aromatic carbocycles. The van der Waals surface area contributed by atoms with Crippen LogP contribution in [0.4, 0.5) is 0 Å². The largest absolute Gasteiger partial charge is 0.465 e. The van der Waals surface area contributed by atoms with Crippen molar-refractivity contribution in [3.8, 4) is 0 Å². The first-order valence-corrected chi connectivity index (χ1v) is 4.26. The van der Waals surface area contributed by atoms with Gasteiger partial charge in [-0.15, -0.1) is 0 Å². The molecular weight excluding hydrogens is 156 g/mol. The van der Waals surface area contributed by atoms with Crippen LogP contribution < -0.4 is 5.73 Å². The van der Waals surface area contributed by atoms with Crippen molar-refractivity contribution in [3.05, 3.63) is 0 Å². The molecule has 1 rings (SSSR count). The van der Waals surface area contributed by atoms with Crippen molar-refractivity contribution in [3.63, 3.8) is 0 Å². The highest BCUT2D eigenvalue weighted by molar-refractivity contribution is 5.72. The topological polar surface area (TPSA) is 56.8 Å². The maximum atomic E-state index is 5.41. The lowest BCUT2D eigenvalue weighted by molar-refractivity contribution is 0.0601. The minimum absolute atomic E-state index is 0.182. The van der Waals surface area contributed by atoms with Gasteiger partial charge in [0.25, 0.3) is 6.02 Å². The molecule has 4 nitrogen and oxygen atoms in total. The van der Waals surface area contributed by atoms with Crippen LogP contribution in [0.1, 0.15) is 20.3 Å². The van der Waals surface area contributed by atoms with Gasteiger partial charge < -0.3 is 15.2 Å². The molecule has 0 radical (unpaired) electrons. The van der Waals surface area contributed by atoms with Gasteiger partial charge in [0.05, 0.1) is 25.4 Å². The van der Waals surface area contributed by atoms with E-state index in [1.165, 1.54) is 0 Å². The SMILES string of the molecule is CC(C)OCC1CCOC(N)=N1. The van der Waals surface area contributed by atoms with E-state index in [1.54, 1.807) is 0 Å². The third-order valence-corrected chi connectivity index (χ3v) is 1.63. The van der Waals surface area contributed by atoms with E-state index in [0.29, 0.717) is 19.2 Å². The molecule has 1 atom stereocenters. The Kier molecular flexibility index (Phi) is 3.34. The highest BCUT2D eigenvalue weighted by Gasteiger charge is 2.14. The van der Waals surface area contributed by atoms with E-state index in [4.69, 9.17) is 15.2 Å². The van der Waals surface area contributed by atoms with Gasteiger partial charge in [-0.25, -0.2) is 4.99 Å². The Bertz CT molecular complexity index is 168. The zero-order valence-electron chi connectivity index (χ0n) is 7.62. The summed E-state index contributed by atoms with van der Waals surface area (Å²) in [5, 5.41) is 0. The second kappa shape index (κ2) is 4.30. The highest BCUT2D eigenvalue weighted by Crippen LogP contribution is 2.06. The molecule has 4 heteroatoms. The lowest BCUT2D eigenvalue weighted by Gasteiger charge is -2.19. The van der Waals surface area contributed by atoms with Gasteiger partial charge in [-0.3, -0.25) is 0 Å². The van der Waals surface area contributed by atoms with Crippen LogP contribution in [0.15, 0.2) is 4.99 Å². The second-order valence-electron chi connectivity index (χ2n) is 3.14. The number of hydrogen-bond acceptors (Lipinski definition) is 4. The lowest BCUT2D eigenvalue weighted by Crippen LogP contribution is -2.30. The van der Waals surface area contributed by atoms with Crippen molar-refractivity contribution in [1.29, 1.82) is 0 Å². The van der Waals surface area contributed by atoms with Gasteiger partial charge in [0.2, 0.25) is 0 Å². The number of amidine groups is 1. The number of ether oxygens (including phenoxy) is 2. The molecule has 0 spiro atoms. The lowest BCUT2D eigenvalue weighted by atomic mass is 10.2. The number of nitrogens with two attached hydrogens (primary N) is 1. The summed E-state index contributed by atoms with van der Waals surface area (Å²) in [5.74, 6) is 0. The molecule has 0 bridgehead atoms. The summed E-state index contributed by atoms with van der Waals surface area (Å²) in [7, 11) is 0. The van der Waals surface area contributed by atoms with Crippen LogP contribution in [-0.2, 0) is 9.47 Å². The number of aliphatic imine (C=N–C) groups is 1. The van der Waals surface area contributed by atoms with Gasteiger partial charge in [0.15, 0.2) is 0 Å². The van der Waals surface area contributed by atoms with Crippen LogP contribution in [0.25, 0.3) is 0 Å². The Morgan fingerprint density at radius 1 is 1.75 bits per heavy atom. The van der Waals surface area contributed by atoms with E-state index in [2.05, 4.69) is 4.99 Å². The number of nitrogens with zero attached hydrogens (tertiary/aromatic N) is 1. The first-order valence-electron chi connectivity index (χ1n) is 4.26.